The molecule has 1 aromatic rings. The molecule has 19 heavy (non-hydrogen) atoms. The van der Waals surface area contributed by atoms with Crippen LogP contribution in [0.4, 0.5) is 0 Å². The van der Waals surface area contributed by atoms with Crippen LogP contribution in [0.25, 0.3) is 0 Å². The Kier molecular flexibility index (Phi) is 3.80. The molecule has 1 aliphatic heterocycles. The van der Waals surface area contributed by atoms with Crippen molar-refractivity contribution in [3.05, 3.63) is 34.9 Å². The first-order chi connectivity index (χ1) is 8.85. The second-order valence-electron chi connectivity index (χ2n) is 5.58. The molecule has 0 aliphatic carbocycles. The Morgan fingerprint density at radius 1 is 1.37 bits per heavy atom. The Morgan fingerprint density at radius 3 is 2.58 bits per heavy atom. The highest BCUT2D eigenvalue weighted by molar-refractivity contribution is 6.30. The second kappa shape index (κ2) is 5.21. The number of rotatable bonds is 2. The minimum atomic E-state index is -0.551. The van der Waals surface area contributed by atoms with Gasteiger partial charge >= 0.3 is 0 Å². The predicted molar refractivity (Wildman–Crippen MR) is 75.4 cm³/mol. The van der Waals surface area contributed by atoms with E-state index in [4.69, 9.17) is 16.4 Å². The molecule has 0 bridgehead atoms. The fourth-order valence-electron chi connectivity index (χ4n) is 1.78. The molecule has 1 atom stereocenters. The molecule has 0 saturated carbocycles. The highest BCUT2D eigenvalue weighted by atomic mass is 35.5. The Bertz CT molecular complexity index is 503. The SMILES string of the molecule is CC(C)(C)NC(=O)C1CC(c2ccc(Cl)cc2)=NO1. The van der Waals surface area contributed by atoms with Gasteiger partial charge in [0.1, 0.15) is 0 Å². The summed E-state index contributed by atoms with van der Waals surface area (Å²) in [5.41, 5.74) is 1.42. The van der Waals surface area contributed by atoms with Crippen LogP contribution in [0, 0.1) is 0 Å². The third kappa shape index (κ3) is 3.70. The van der Waals surface area contributed by atoms with Gasteiger partial charge in [0.2, 0.25) is 6.10 Å². The zero-order valence-corrected chi connectivity index (χ0v) is 12.0. The van der Waals surface area contributed by atoms with Crippen LogP contribution in [-0.4, -0.2) is 23.3 Å². The van der Waals surface area contributed by atoms with Crippen molar-refractivity contribution < 1.29 is 9.63 Å². The first-order valence-corrected chi connectivity index (χ1v) is 6.53. The van der Waals surface area contributed by atoms with Gasteiger partial charge in [-0.2, -0.15) is 0 Å². The summed E-state index contributed by atoms with van der Waals surface area (Å²) in [7, 11) is 0. The number of amides is 1. The summed E-state index contributed by atoms with van der Waals surface area (Å²) >= 11 is 5.83. The minimum absolute atomic E-state index is 0.139. The molecule has 2 rings (SSSR count). The van der Waals surface area contributed by atoms with Crippen LogP contribution in [0.1, 0.15) is 32.8 Å². The molecule has 0 fully saturated rings. The maximum atomic E-state index is 12.0. The lowest BCUT2D eigenvalue weighted by molar-refractivity contribution is -0.132. The van der Waals surface area contributed by atoms with Crippen molar-refractivity contribution in [2.45, 2.75) is 38.8 Å². The predicted octanol–water partition coefficient (Wildman–Crippen LogP) is 2.75. The Balaban J connectivity index is 1.99. The number of oxime groups is 1. The third-order valence-electron chi connectivity index (χ3n) is 2.64. The number of hydrogen-bond donors (Lipinski definition) is 1. The molecule has 0 radical (unpaired) electrons. The van der Waals surface area contributed by atoms with E-state index in [0.717, 1.165) is 11.3 Å². The van der Waals surface area contributed by atoms with Gasteiger partial charge in [-0.3, -0.25) is 4.79 Å². The summed E-state index contributed by atoms with van der Waals surface area (Å²) in [5, 5.41) is 7.54. The van der Waals surface area contributed by atoms with Crippen LogP contribution in [-0.2, 0) is 9.63 Å². The van der Waals surface area contributed by atoms with E-state index in [1.54, 1.807) is 12.1 Å². The zero-order valence-electron chi connectivity index (χ0n) is 11.2. The molecule has 0 saturated heterocycles. The van der Waals surface area contributed by atoms with Crippen LogP contribution in [0.15, 0.2) is 29.4 Å². The van der Waals surface area contributed by atoms with E-state index in [9.17, 15) is 4.79 Å². The lowest BCUT2D eigenvalue weighted by atomic mass is 10.0. The molecule has 1 unspecified atom stereocenters. The van der Waals surface area contributed by atoms with Gasteiger partial charge < -0.3 is 10.2 Å². The maximum Gasteiger partial charge on any atom is 0.264 e. The van der Waals surface area contributed by atoms with E-state index in [-0.39, 0.29) is 11.4 Å². The first-order valence-electron chi connectivity index (χ1n) is 6.16. The summed E-state index contributed by atoms with van der Waals surface area (Å²) in [6.07, 6.45) is -0.0753. The van der Waals surface area contributed by atoms with Gasteiger partial charge in [0.05, 0.1) is 5.71 Å². The Labute approximate surface area is 117 Å². The smallest absolute Gasteiger partial charge is 0.264 e. The van der Waals surface area contributed by atoms with Gasteiger partial charge in [0.15, 0.2) is 0 Å². The largest absolute Gasteiger partial charge is 0.382 e. The summed E-state index contributed by atoms with van der Waals surface area (Å²) in [4.78, 5) is 17.2. The average Bonchev–Trinajstić information content (AvgIpc) is 2.77. The lowest BCUT2D eigenvalue weighted by Crippen LogP contribution is -2.45. The molecule has 0 aromatic heterocycles. The van der Waals surface area contributed by atoms with E-state index in [1.165, 1.54) is 0 Å². The highest BCUT2D eigenvalue weighted by Gasteiger charge is 2.30. The van der Waals surface area contributed by atoms with Crippen molar-refractivity contribution in [1.82, 2.24) is 5.32 Å². The number of carbonyl (C=O) groups is 1. The van der Waals surface area contributed by atoms with E-state index in [2.05, 4.69) is 10.5 Å². The van der Waals surface area contributed by atoms with Crippen molar-refractivity contribution in [3.63, 3.8) is 0 Å². The Hall–Kier alpha value is -1.55. The van der Waals surface area contributed by atoms with E-state index in [1.807, 2.05) is 32.9 Å². The molecule has 0 spiro atoms. The normalized spacial score (nSPS) is 18.7. The summed E-state index contributed by atoms with van der Waals surface area (Å²) in [6, 6.07) is 7.33. The van der Waals surface area contributed by atoms with Crippen molar-refractivity contribution in [2.24, 2.45) is 5.16 Å². The van der Waals surface area contributed by atoms with Gasteiger partial charge in [-0.1, -0.05) is 28.9 Å². The van der Waals surface area contributed by atoms with Crippen molar-refractivity contribution in [3.8, 4) is 0 Å². The molecule has 1 aliphatic rings. The topological polar surface area (TPSA) is 50.7 Å². The molecule has 5 heteroatoms. The van der Waals surface area contributed by atoms with Crippen molar-refractivity contribution in [1.29, 1.82) is 0 Å². The third-order valence-corrected chi connectivity index (χ3v) is 2.89. The molecule has 1 heterocycles. The van der Waals surface area contributed by atoms with E-state index < -0.39 is 6.10 Å². The van der Waals surface area contributed by atoms with Gasteiger partial charge in [-0.15, -0.1) is 0 Å². The van der Waals surface area contributed by atoms with Gasteiger partial charge in [-0.05, 0) is 38.5 Å². The number of nitrogens with zero attached hydrogens (tertiary/aromatic N) is 1. The number of nitrogens with one attached hydrogen (secondary N) is 1. The fraction of sp³-hybridized carbons (Fsp3) is 0.429. The molecule has 1 aromatic carbocycles. The molecule has 4 nitrogen and oxygen atoms in total. The van der Waals surface area contributed by atoms with Crippen LogP contribution in [0.2, 0.25) is 5.02 Å². The summed E-state index contributed by atoms with van der Waals surface area (Å²) < 4.78 is 0. The lowest BCUT2D eigenvalue weighted by Gasteiger charge is -2.22. The van der Waals surface area contributed by atoms with Gasteiger partial charge in [-0.25, -0.2) is 0 Å². The molecule has 1 amide bonds. The van der Waals surface area contributed by atoms with E-state index in [0.29, 0.717) is 11.4 Å². The second-order valence-corrected chi connectivity index (χ2v) is 6.02. The van der Waals surface area contributed by atoms with Crippen LogP contribution < -0.4 is 5.32 Å². The number of hydrogen-bond acceptors (Lipinski definition) is 3. The standard InChI is InChI=1S/C14H17ClN2O2/c1-14(2,3)16-13(18)12-8-11(17-19-12)9-4-6-10(15)7-5-9/h4-7,12H,8H2,1-3H3,(H,16,18). The number of benzene rings is 1. The molecular weight excluding hydrogens is 264 g/mol. The maximum absolute atomic E-state index is 12.0. The molecule has 1 N–H and O–H groups in total. The van der Waals surface area contributed by atoms with Gasteiger partial charge in [0, 0.05) is 17.0 Å². The van der Waals surface area contributed by atoms with Crippen molar-refractivity contribution in [2.75, 3.05) is 0 Å². The zero-order chi connectivity index (χ0) is 14.0. The van der Waals surface area contributed by atoms with Crippen LogP contribution in [0.3, 0.4) is 0 Å². The molecule has 102 valence electrons. The van der Waals surface area contributed by atoms with Gasteiger partial charge in [0.25, 0.3) is 5.91 Å². The van der Waals surface area contributed by atoms with Crippen LogP contribution >= 0.6 is 11.6 Å². The molecular formula is C14H17ClN2O2. The average molecular weight is 281 g/mol. The summed E-state index contributed by atoms with van der Waals surface area (Å²) in [6.45, 7) is 5.79. The van der Waals surface area contributed by atoms with E-state index >= 15 is 0 Å². The highest BCUT2D eigenvalue weighted by Crippen LogP contribution is 2.19. The Morgan fingerprint density at radius 2 is 2.00 bits per heavy atom. The number of carbonyl (C=O) groups excluding carboxylic acids is 1. The monoisotopic (exact) mass is 280 g/mol. The minimum Gasteiger partial charge on any atom is -0.382 e. The fourth-order valence-corrected chi connectivity index (χ4v) is 1.91. The van der Waals surface area contributed by atoms with Crippen LogP contribution in [0.5, 0.6) is 0 Å². The first kappa shape index (κ1) is 13.9. The summed E-state index contributed by atoms with van der Waals surface area (Å²) in [5.74, 6) is -0.139. The quantitative estimate of drug-likeness (QED) is 0.906. The van der Waals surface area contributed by atoms with Crippen molar-refractivity contribution >= 4 is 23.2 Å². The number of halogens is 1.